The summed E-state index contributed by atoms with van der Waals surface area (Å²) in [6.07, 6.45) is 35.9. The zero-order valence-corrected chi connectivity index (χ0v) is 37.1. The van der Waals surface area contributed by atoms with Crippen molar-refractivity contribution in [3.05, 3.63) is 71.8 Å². The van der Waals surface area contributed by atoms with Crippen LogP contribution in [0.3, 0.4) is 0 Å². The fourth-order valence-corrected chi connectivity index (χ4v) is 17.0. The van der Waals surface area contributed by atoms with Gasteiger partial charge in [0.25, 0.3) is 0 Å². The van der Waals surface area contributed by atoms with Crippen LogP contribution in [0.15, 0.2) is 60.7 Å². The van der Waals surface area contributed by atoms with E-state index in [1.54, 1.807) is 85.7 Å². The molecule has 0 saturated carbocycles. The fraction of sp³-hybridized carbons (Fsp3) is 0.696. The highest BCUT2D eigenvalue weighted by molar-refractivity contribution is 7.76. The summed E-state index contributed by atoms with van der Waals surface area (Å²) in [6, 6.07) is 16.1. The van der Waals surface area contributed by atoms with Gasteiger partial charge in [0.15, 0.2) is 0 Å². The first-order valence-corrected chi connectivity index (χ1v) is 26.4. The summed E-state index contributed by atoms with van der Waals surface area (Å²) in [5, 5.41) is 20.2. The Hall–Kier alpha value is -1.76. The van der Waals surface area contributed by atoms with Crippen LogP contribution in [-0.4, -0.2) is 61.2 Å². The van der Waals surface area contributed by atoms with E-state index in [4.69, 9.17) is 0 Å². The molecule has 0 amide bonds. The van der Waals surface area contributed by atoms with Gasteiger partial charge in [-0.25, -0.2) is 0 Å². The normalized spacial score (nSPS) is 10.9. The second-order valence-electron chi connectivity index (χ2n) is 14.6. The molecule has 2 aromatic rings. The minimum absolute atomic E-state index is 0.220. The van der Waals surface area contributed by atoms with Crippen LogP contribution in [0.25, 0.3) is 0 Å². The van der Waals surface area contributed by atoms with Crippen LogP contribution >= 0.6 is 14.5 Å². The number of rotatable bonds is 26. The molecule has 0 aliphatic carbocycles. The van der Waals surface area contributed by atoms with Crippen LogP contribution in [0.4, 0.5) is 0 Å². The van der Waals surface area contributed by atoms with E-state index >= 15 is 0 Å². The molecule has 0 unspecified atom stereocenters. The third kappa shape index (κ3) is 27.8. The van der Waals surface area contributed by atoms with Crippen LogP contribution in [0, 0.1) is 0 Å². The van der Waals surface area contributed by atoms with Crippen molar-refractivity contribution in [3.63, 3.8) is 0 Å². The van der Waals surface area contributed by atoms with E-state index in [1.807, 2.05) is 0 Å². The standard InChI is InChI=1S/2C16H36P.2C7H6O2/c2*1-5-9-13-17(14-10-6-2,15-11-7-3)16-12-8-4;2*8-7(9)6-4-2-1-3-5-6/h2*5-16H2,1-4H3;2*1-5H,(H,8,9)/q2*+1;;/p-2. The number of hydrogen-bond donors (Lipinski definition) is 0. The van der Waals surface area contributed by atoms with Crippen LogP contribution in [0.2, 0.25) is 0 Å². The van der Waals surface area contributed by atoms with E-state index in [0.717, 1.165) is 0 Å². The van der Waals surface area contributed by atoms with E-state index in [2.05, 4.69) is 55.4 Å². The van der Waals surface area contributed by atoms with Crippen LogP contribution < -0.4 is 10.2 Å². The molecule has 0 aliphatic heterocycles. The van der Waals surface area contributed by atoms with Gasteiger partial charge in [0.1, 0.15) is 0 Å². The van der Waals surface area contributed by atoms with Crippen LogP contribution in [0.5, 0.6) is 0 Å². The number of benzene rings is 2. The molecule has 0 radical (unpaired) electrons. The Morgan fingerprint density at radius 3 is 0.654 bits per heavy atom. The van der Waals surface area contributed by atoms with Gasteiger partial charge in [-0.1, -0.05) is 167 Å². The number of carbonyl (C=O) groups is 2. The van der Waals surface area contributed by atoms with Gasteiger partial charge in [-0.2, -0.15) is 0 Å². The molecule has 2 aromatic carbocycles. The predicted molar refractivity (Wildman–Crippen MR) is 234 cm³/mol. The minimum atomic E-state index is -1.13. The van der Waals surface area contributed by atoms with Gasteiger partial charge in [0, 0.05) is 14.5 Å². The summed E-state index contributed by atoms with van der Waals surface area (Å²) in [5.74, 6) is -2.26. The van der Waals surface area contributed by atoms with Gasteiger partial charge < -0.3 is 19.8 Å². The van der Waals surface area contributed by atoms with Gasteiger partial charge in [0.2, 0.25) is 0 Å². The largest absolute Gasteiger partial charge is 0.545 e. The number of carboxylic acid groups (broad SMARTS) is 2. The summed E-state index contributed by atoms with van der Waals surface area (Å²) < 4.78 is 0. The number of aromatic carboxylic acids is 2. The molecule has 52 heavy (non-hydrogen) atoms. The maximum Gasteiger partial charge on any atom is 0.0715 e. The third-order valence-corrected chi connectivity index (χ3v) is 20.0. The van der Waals surface area contributed by atoms with Gasteiger partial charge in [-0.05, 0) is 62.5 Å². The van der Waals surface area contributed by atoms with E-state index in [1.165, 1.54) is 127 Å². The topological polar surface area (TPSA) is 80.3 Å². The number of hydrogen-bond acceptors (Lipinski definition) is 4. The Labute approximate surface area is 324 Å². The molecule has 6 heteroatoms. The Bertz CT molecular complexity index is 900. The number of carbonyl (C=O) groups excluding carboxylic acids is 2. The highest BCUT2D eigenvalue weighted by Gasteiger charge is 2.35. The lowest BCUT2D eigenvalue weighted by Crippen LogP contribution is -2.21. The van der Waals surface area contributed by atoms with Crippen LogP contribution in [-0.2, 0) is 0 Å². The minimum Gasteiger partial charge on any atom is -0.545 e. The van der Waals surface area contributed by atoms with Crippen molar-refractivity contribution >= 4 is 26.5 Å². The average molecular weight is 761 g/mol. The third-order valence-electron chi connectivity index (χ3n) is 9.91. The zero-order chi connectivity index (χ0) is 39.4. The molecular formula is C46H82O4P2. The molecule has 0 aliphatic rings. The highest BCUT2D eigenvalue weighted by atomic mass is 31.2. The molecule has 300 valence electrons. The molecule has 0 bridgehead atoms. The first kappa shape index (κ1) is 52.3. The van der Waals surface area contributed by atoms with Crippen molar-refractivity contribution < 1.29 is 19.8 Å². The van der Waals surface area contributed by atoms with E-state index in [-0.39, 0.29) is 11.1 Å². The Kier molecular flexibility index (Phi) is 36.5. The molecule has 4 nitrogen and oxygen atoms in total. The SMILES string of the molecule is CCCC[P+](CCCC)(CCCC)CCCC.CCCC[P+](CCCC)(CCCC)CCCC.O=C([O-])c1ccccc1.O=C([O-])c1ccccc1. The van der Waals surface area contributed by atoms with E-state index in [9.17, 15) is 19.8 Å². The van der Waals surface area contributed by atoms with Crippen molar-refractivity contribution in [2.45, 2.75) is 158 Å². The number of carboxylic acids is 2. The molecule has 0 heterocycles. The predicted octanol–water partition coefficient (Wildman–Crippen LogP) is 12.5. The highest BCUT2D eigenvalue weighted by Crippen LogP contribution is 2.62. The fourth-order valence-electron chi connectivity index (χ4n) is 6.44. The monoisotopic (exact) mass is 761 g/mol. The van der Waals surface area contributed by atoms with Gasteiger partial charge in [-0.15, -0.1) is 0 Å². The molecular weight excluding hydrogens is 678 g/mol. The first-order chi connectivity index (χ1) is 25.1. The molecule has 0 saturated heterocycles. The summed E-state index contributed by atoms with van der Waals surface area (Å²) >= 11 is 0. The Morgan fingerprint density at radius 2 is 0.538 bits per heavy atom. The van der Waals surface area contributed by atoms with Crippen molar-refractivity contribution in [2.24, 2.45) is 0 Å². The zero-order valence-electron chi connectivity index (χ0n) is 35.3. The maximum atomic E-state index is 10.1. The van der Waals surface area contributed by atoms with Crippen molar-refractivity contribution in [1.29, 1.82) is 0 Å². The lowest BCUT2D eigenvalue weighted by molar-refractivity contribution is -0.256. The Morgan fingerprint density at radius 1 is 0.365 bits per heavy atom. The van der Waals surface area contributed by atoms with Gasteiger partial charge >= 0.3 is 0 Å². The molecule has 0 atom stereocenters. The molecule has 0 N–H and O–H groups in total. The maximum absolute atomic E-state index is 10.1. The van der Waals surface area contributed by atoms with Gasteiger partial charge in [-0.3, -0.25) is 0 Å². The van der Waals surface area contributed by atoms with Gasteiger partial charge in [0.05, 0.1) is 61.2 Å². The summed E-state index contributed by atoms with van der Waals surface area (Å²) in [4.78, 5) is 20.2. The second-order valence-corrected chi connectivity index (χ2v) is 23.6. The lowest BCUT2D eigenvalue weighted by Gasteiger charge is -2.28. The molecule has 0 spiro atoms. The van der Waals surface area contributed by atoms with Crippen LogP contribution in [0.1, 0.15) is 179 Å². The summed E-state index contributed by atoms with van der Waals surface area (Å²) in [7, 11) is -1.12. The quantitative estimate of drug-likeness (QED) is 0.0894. The average Bonchev–Trinajstić information content (AvgIpc) is 3.18. The van der Waals surface area contributed by atoms with Crippen molar-refractivity contribution in [2.75, 3.05) is 49.3 Å². The van der Waals surface area contributed by atoms with E-state index in [0.29, 0.717) is 0 Å². The lowest BCUT2D eigenvalue weighted by atomic mass is 10.2. The smallest absolute Gasteiger partial charge is 0.0715 e. The Balaban J connectivity index is 0. The molecule has 2 rings (SSSR count). The first-order valence-electron chi connectivity index (χ1n) is 21.3. The molecule has 0 fully saturated rings. The summed E-state index contributed by atoms with van der Waals surface area (Å²) in [5.41, 5.74) is 0.440. The van der Waals surface area contributed by atoms with Crippen molar-refractivity contribution in [3.8, 4) is 0 Å². The van der Waals surface area contributed by atoms with Crippen molar-refractivity contribution in [1.82, 2.24) is 0 Å². The number of unbranched alkanes of at least 4 members (excludes halogenated alkanes) is 8. The second kappa shape index (κ2) is 36.2. The summed E-state index contributed by atoms with van der Waals surface area (Å²) in [6.45, 7) is 18.8. The molecule has 0 aromatic heterocycles. The van der Waals surface area contributed by atoms with E-state index < -0.39 is 26.5 Å².